The lowest BCUT2D eigenvalue weighted by atomic mass is 10.2. The average Bonchev–Trinajstić information content (AvgIpc) is 2.77. The van der Waals surface area contributed by atoms with E-state index >= 15 is 0 Å². The standard InChI is InChI=1S/C12H11N5O/c1-7-8(2)14-11(9-4-3-5-13-6-9)17-10(7)15-16-12(17)18/h3-6H,1-2H3,(H,16,18). The largest absolute Gasteiger partial charge is 0.349 e. The van der Waals surface area contributed by atoms with Crippen LogP contribution < -0.4 is 5.69 Å². The van der Waals surface area contributed by atoms with Gasteiger partial charge in [0.1, 0.15) is 0 Å². The van der Waals surface area contributed by atoms with Crippen molar-refractivity contribution in [2.75, 3.05) is 0 Å². The lowest BCUT2D eigenvalue weighted by molar-refractivity contribution is 0.983. The van der Waals surface area contributed by atoms with E-state index in [1.807, 2.05) is 26.0 Å². The first-order valence-corrected chi connectivity index (χ1v) is 5.53. The number of hydrogen-bond acceptors (Lipinski definition) is 4. The Bertz CT molecular complexity index is 772. The smallest absolute Gasteiger partial charge is 0.264 e. The van der Waals surface area contributed by atoms with Gasteiger partial charge < -0.3 is 0 Å². The second-order valence-electron chi connectivity index (χ2n) is 4.08. The van der Waals surface area contributed by atoms with Gasteiger partial charge in [-0.25, -0.2) is 19.3 Å². The van der Waals surface area contributed by atoms with Crippen molar-refractivity contribution < 1.29 is 0 Å². The summed E-state index contributed by atoms with van der Waals surface area (Å²) in [6.45, 7) is 3.79. The summed E-state index contributed by atoms with van der Waals surface area (Å²) in [5, 5.41) is 6.48. The maximum atomic E-state index is 11.8. The summed E-state index contributed by atoms with van der Waals surface area (Å²) in [5.74, 6) is 0.556. The predicted octanol–water partition coefficient (Wildman–Crippen LogP) is 1.10. The molecule has 3 rings (SSSR count). The average molecular weight is 241 g/mol. The minimum atomic E-state index is -0.292. The summed E-state index contributed by atoms with van der Waals surface area (Å²) in [6, 6.07) is 3.67. The minimum absolute atomic E-state index is 0.292. The molecule has 6 nitrogen and oxygen atoms in total. The summed E-state index contributed by atoms with van der Waals surface area (Å²) < 4.78 is 1.47. The molecule has 3 aromatic rings. The molecule has 18 heavy (non-hydrogen) atoms. The fourth-order valence-corrected chi connectivity index (χ4v) is 1.89. The molecule has 90 valence electrons. The molecule has 1 N–H and O–H groups in total. The van der Waals surface area contributed by atoms with Gasteiger partial charge in [-0.3, -0.25) is 4.98 Å². The number of hydrogen-bond donors (Lipinski definition) is 1. The van der Waals surface area contributed by atoms with E-state index in [1.54, 1.807) is 12.4 Å². The van der Waals surface area contributed by atoms with Crippen LogP contribution in [0.5, 0.6) is 0 Å². The van der Waals surface area contributed by atoms with Crippen molar-refractivity contribution in [3.8, 4) is 11.4 Å². The zero-order chi connectivity index (χ0) is 12.7. The van der Waals surface area contributed by atoms with Gasteiger partial charge in [-0.15, -0.1) is 0 Å². The van der Waals surface area contributed by atoms with Crippen molar-refractivity contribution in [3.63, 3.8) is 0 Å². The molecule has 0 spiro atoms. The normalized spacial score (nSPS) is 11.0. The first-order valence-electron chi connectivity index (χ1n) is 5.53. The van der Waals surface area contributed by atoms with Gasteiger partial charge in [0.15, 0.2) is 11.5 Å². The molecule has 0 radical (unpaired) electrons. The maximum absolute atomic E-state index is 11.8. The fourth-order valence-electron chi connectivity index (χ4n) is 1.89. The Labute approximate surface area is 102 Å². The molecule has 0 fully saturated rings. The number of aromatic amines is 1. The number of rotatable bonds is 1. The van der Waals surface area contributed by atoms with Gasteiger partial charge in [0.05, 0.1) is 0 Å². The molecule has 0 bridgehead atoms. The van der Waals surface area contributed by atoms with Gasteiger partial charge in [0.25, 0.3) is 0 Å². The van der Waals surface area contributed by atoms with Crippen LogP contribution in [0.15, 0.2) is 29.3 Å². The summed E-state index contributed by atoms with van der Waals surface area (Å²) in [6.07, 6.45) is 3.36. The molecule has 0 aromatic carbocycles. The maximum Gasteiger partial charge on any atom is 0.349 e. The van der Waals surface area contributed by atoms with Gasteiger partial charge in [0, 0.05) is 29.2 Å². The highest BCUT2D eigenvalue weighted by Gasteiger charge is 2.13. The second kappa shape index (κ2) is 3.76. The molecule has 3 aromatic heterocycles. The quantitative estimate of drug-likeness (QED) is 0.692. The Morgan fingerprint density at radius 3 is 2.89 bits per heavy atom. The van der Waals surface area contributed by atoms with Crippen LogP contribution in [0.3, 0.4) is 0 Å². The number of H-pyrrole nitrogens is 1. The van der Waals surface area contributed by atoms with Crippen LogP contribution in [-0.4, -0.2) is 24.6 Å². The topological polar surface area (TPSA) is 75.9 Å². The number of pyridine rings is 1. The van der Waals surface area contributed by atoms with Crippen LogP contribution >= 0.6 is 0 Å². The van der Waals surface area contributed by atoms with Crippen molar-refractivity contribution in [2.45, 2.75) is 13.8 Å². The van der Waals surface area contributed by atoms with Crippen molar-refractivity contribution in [2.24, 2.45) is 0 Å². The van der Waals surface area contributed by atoms with E-state index in [1.165, 1.54) is 4.40 Å². The second-order valence-corrected chi connectivity index (χ2v) is 4.08. The van der Waals surface area contributed by atoms with Gasteiger partial charge in [-0.05, 0) is 26.0 Å². The molecule has 0 unspecified atom stereocenters. The third-order valence-electron chi connectivity index (χ3n) is 2.96. The van der Waals surface area contributed by atoms with E-state index in [9.17, 15) is 4.79 Å². The molecule has 0 aliphatic carbocycles. The Kier molecular flexibility index (Phi) is 2.22. The zero-order valence-electron chi connectivity index (χ0n) is 10.0. The Balaban J connectivity index is 2.47. The van der Waals surface area contributed by atoms with Crippen LogP contribution in [0.25, 0.3) is 17.0 Å². The van der Waals surface area contributed by atoms with Crippen molar-refractivity contribution in [1.29, 1.82) is 0 Å². The van der Waals surface area contributed by atoms with E-state index in [0.29, 0.717) is 11.5 Å². The third-order valence-corrected chi connectivity index (χ3v) is 2.96. The molecule has 0 saturated carbocycles. The molecule has 0 amide bonds. The van der Waals surface area contributed by atoms with E-state index in [-0.39, 0.29) is 5.69 Å². The van der Waals surface area contributed by atoms with Gasteiger partial charge in [-0.2, -0.15) is 5.10 Å². The summed E-state index contributed by atoms with van der Waals surface area (Å²) in [4.78, 5) is 20.3. The molecule has 0 atom stereocenters. The molecular weight excluding hydrogens is 230 g/mol. The summed E-state index contributed by atoms with van der Waals surface area (Å²) in [7, 11) is 0. The molecule has 3 heterocycles. The molecule has 0 saturated heterocycles. The Morgan fingerprint density at radius 2 is 2.17 bits per heavy atom. The summed E-state index contributed by atoms with van der Waals surface area (Å²) in [5.41, 5.74) is 2.83. The minimum Gasteiger partial charge on any atom is -0.264 e. The SMILES string of the molecule is Cc1nc(-c2cccnc2)n2c(=O)[nH]nc2c1C. The number of nitrogens with one attached hydrogen (secondary N) is 1. The van der Waals surface area contributed by atoms with Gasteiger partial charge in [-0.1, -0.05) is 0 Å². The molecular formula is C12H11N5O. The monoisotopic (exact) mass is 241 g/mol. The summed E-state index contributed by atoms with van der Waals surface area (Å²) >= 11 is 0. The van der Waals surface area contributed by atoms with Crippen LogP contribution in [0.2, 0.25) is 0 Å². The Morgan fingerprint density at radius 1 is 1.33 bits per heavy atom. The van der Waals surface area contributed by atoms with Gasteiger partial charge in [0.2, 0.25) is 0 Å². The number of fused-ring (bicyclic) bond motifs is 1. The highest BCUT2D eigenvalue weighted by molar-refractivity contribution is 5.61. The van der Waals surface area contributed by atoms with E-state index in [2.05, 4.69) is 20.2 Å². The van der Waals surface area contributed by atoms with Crippen LogP contribution in [-0.2, 0) is 0 Å². The van der Waals surface area contributed by atoms with Crippen molar-refractivity contribution in [1.82, 2.24) is 24.6 Å². The highest BCUT2D eigenvalue weighted by Crippen LogP contribution is 2.19. The first kappa shape index (κ1) is 10.6. The third kappa shape index (κ3) is 1.42. The van der Waals surface area contributed by atoms with Crippen molar-refractivity contribution in [3.05, 3.63) is 46.3 Å². The molecule has 0 aliphatic rings. The molecule has 6 heteroatoms. The van der Waals surface area contributed by atoms with Crippen LogP contribution in [0.4, 0.5) is 0 Å². The fraction of sp³-hybridized carbons (Fsp3) is 0.167. The number of aromatic nitrogens is 5. The van der Waals surface area contributed by atoms with E-state index in [0.717, 1.165) is 16.8 Å². The van der Waals surface area contributed by atoms with E-state index < -0.39 is 0 Å². The lowest BCUT2D eigenvalue weighted by Gasteiger charge is -2.07. The van der Waals surface area contributed by atoms with Crippen LogP contribution in [0, 0.1) is 13.8 Å². The van der Waals surface area contributed by atoms with Crippen LogP contribution in [0.1, 0.15) is 11.3 Å². The predicted molar refractivity (Wildman–Crippen MR) is 66.3 cm³/mol. The number of aryl methyl sites for hydroxylation is 2. The number of nitrogens with zero attached hydrogens (tertiary/aromatic N) is 4. The highest BCUT2D eigenvalue weighted by atomic mass is 16.1. The van der Waals surface area contributed by atoms with Crippen molar-refractivity contribution >= 4 is 5.65 Å². The van der Waals surface area contributed by atoms with Gasteiger partial charge >= 0.3 is 5.69 Å². The molecule has 0 aliphatic heterocycles. The van der Waals surface area contributed by atoms with E-state index in [4.69, 9.17) is 0 Å². The zero-order valence-corrected chi connectivity index (χ0v) is 10.0. The Hall–Kier alpha value is -2.50. The lowest BCUT2D eigenvalue weighted by Crippen LogP contribution is -2.14. The first-order chi connectivity index (χ1) is 8.68.